The van der Waals surface area contributed by atoms with Gasteiger partial charge in [0.15, 0.2) is 0 Å². The smallest absolute Gasteiger partial charge is 0.264 e. The van der Waals surface area contributed by atoms with Crippen LogP contribution >= 0.6 is 0 Å². The van der Waals surface area contributed by atoms with Crippen molar-refractivity contribution in [3.63, 3.8) is 0 Å². The first kappa shape index (κ1) is 23.8. The molecule has 0 aliphatic carbocycles. The lowest BCUT2D eigenvalue weighted by atomic mass is 10.0. The molecule has 1 unspecified atom stereocenters. The number of hydrogen-bond acceptors (Lipinski definition) is 9. The summed E-state index contributed by atoms with van der Waals surface area (Å²) < 4.78 is 31.7. The number of rotatable bonds is 11. The van der Waals surface area contributed by atoms with Crippen molar-refractivity contribution in [3.05, 3.63) is 29.3 Å². The average Bonchev–Trinajstić information content (AvgIpc) is 2.97. The van der Waals surface area contributed by atoms with Crippen LogP contribution in [-0.4, -0.2) is 75.6 Å². The summed E-state index contributed by atoms with van der Waals surface area (Å²) in [4.78, 5) is 50.2. The summed E-state index contributed by atoms with van der Waals surface area (Å²) in [6, 6.07) is 3.86. The SMILES string of the molecule is CS(=O)(=O)OCCCOCCCNc1cccc2c1C(=O)N(C1CCC(=O)NC1=O)C2=O. The number of amides is 4. The minimum absolute atomic E-state index is 0.0626. The van der Waals surface area contributed by atoms with Crippen molar-refractivity contribution in [1.82, 2.24) is 10.2 Å². The predicted octanol–water partition coefficient (Wildman–Crippen LogP) is 0.273. The number of benzene rings is 1. The van der Waals surface area contributed by atoms with Crippen LogP contribution in [0.25, 0.3) is 0 Å². The first-order valence-corrected chi connectivity index (χ1v) is 12.0. The van der Waals surface area contributed by atoms with E-state index in [9.17, 15) is 27.6 Å². The van der Waals surface area contributed by atoms with Crippen molar-refractivity contribution in [3.8, 4) is 0 Å². The van der Waals surface area contributed by atoms with Gasteiger partial charge >= 0.3 is 0 Å². The largest absolute Gasteiger partial charge is 0.384 e. The molecule has 0 spiro atoms. The Morgan fingerprint density at radius 3 is 2.56 bits per heavy atom. The molecule has 2 heterocycles. The topological polar surface area (TPSA) is 148 Å². The molecular formula is C20H25N3O8S. The number of imide groups is 2. The van der Waals surface area contributed by atoms with Gasteiger partial charge in [0, 0.05) is 31.9 Å². The Hall–Kier alpha value is -2.83. The standard InChI is InChI=1S/C20H25N3O8S/c1-32(28,29)31-12-4-11-30-10-3-9-21-14-6-2-5-13-17(14)20(27)23(19(13)26)15-7-8-16(24)22-18(15)25/h2,5-6,15,21H,3-4,7-12H2,1H3,(H,22,24,25). The van der Waals surface area contributed by atoms with Gasteiger partial charge in [-0.05, 0) is 31.4 Å². The number of anilines is 1. The van der Waals surface area contributed by atoms with Crippen molar-refractivity contribution in [2.75, 3.05) is 37.9 Å². The first-order chi connectivity index (χ1) is 15.2. The second-order valence-corrected chi connectivity index (χ2v) is 9.09. The number of nitrogens with zero attached hydrogens (tertiary/aromatic N) is 1. The molecular weight excluding hydrogens is 442 g/mol. The third-order valence-corrected chi connectivity index (χ3v) is 5.57. The normalized spacial score (nSPS) is 18.7. The molecule has 1 aromatic rings. The highest BCUT2D eigenvalue weighted by atomic mass is 32.2. The molecule has 0 aromatic heterocycles. The zero-order valence-corrected chi connectivity index (χ0v) is 18.4. The van der Waals surface area contributed by atoms with Crippen LogP contribution in [0, 0.1) is 0 Å². The Bertz CT molecular complexity index is 1020. The van der Waals surface area contributed by atoms with Crippen molar-refractivity contribution < 1.29 is 36.5 Å². The molecule has 12 heteroatoms. The van der Waals surface area contributed by atoms with Gasteiger partial charge in [-0.15, -0.1) is 0 Å². The van der Waals surface area contributed by atoms with E-state index in [0.29, 0.717) is 38.3 Å². The van der Waals surface area contributed by atoms with Gasteiger partial charge in [-0.3, -0.25) is 33.6 Å². The Morgan fingerprint density at radius 1 is 1.09 bits per heavy atom. The second kappa shape index (κ2) is 10.2. The van der Waals surface area contributed by atoms with Gasteiger partial charge in [0.2, 0.25) is 11.8 Å². The number of ether oxygens (including phenoxy) is 1. The van der Waals surface area contributed by atoms with Crippen molar-refractivity contribution in [2.45, 2.75) is 31.7 Å². The zero-order valence-electron chi connectivity index (χ0n) is 17.6. The lowest BCUT2D eigenvalue weighted by molar-refractivity contribution is -0.136. The molecule has 174 valence electrons. The lowest BCUT2D eigenvalue weighted by Gasteiger charge is -2.27. The maximum Gasteiger partial charge on any atom is 0.264 e. The molecule has 0 radical (unpaired) electrons. The number of nitrogens with one attached hydrogen (secondary N) is 2. The molecule has 2 aliphatic heterocycles. The van der Waals surface area contributed by atoms with Crippen LogP contribution in [-0.2, 0) is 28.6 Å². The number of fused-ring (bicyclic) bond motifs is 1. The highest BCUT2D eigenvalue weighted by molar-refractivity contribution is 7.85. The monoisotopic (exact) mass is 467 g/mol. The fraction of sp³-hybridized carbons (Fsp3) is 0.500. The van der Waals surface area contributed by atoms with Crippen LogP contribution < -0.4 is 10.6 Å². The Morgan fingerprint density at radius 2 is 1.84 bits per heavy atom. The number of piperidine rings is 1. The molecule has 1 atom stereocenters. The molecule has 1 saturated heterocycles. The van der Waals surface area contributed by atoms with E-state index < -0.39 is 39.8 Å². The maximum atomic E-state index is 13.0. The van der Waals surface area contributed by atoms with E-state index in [-0.39, 0.29) is 30.6 Å². The minimum Gasteiger partial charge on any atom is -0.384 e. The van der Waals surface area contributed by atoms with Gasteiger partial charge in [-0.2, -0.15) is 8.42 Å². The van der Waals surface area contributed by atoms with Crippen LogP contribution in [0.4, 0.5) is 5.69 Å². The molecule has 32 heavy (non-hydrogen) atoms. The first-order valence-electron chi connectivity index (χ1n) is 10.2. The molecule has 0 saturated carbocycles. The molecule has 1 aromatic carbocycles. The van der Waals surface area contributed by atoms with Gasteiger partial charge < -0.3 is 10.1 Å². The minimum atomic E-state index is -3.44. The Labute approximate surface area is 185 Å². The van der Waals surface area contributed by atoms with Crippen molar-refractivity contribution >= 4 is 39.4 Å². The Balaban J connectivity index is 1.51. The number of hydrogen-bond donors (Lipinski definition) is 2. The molecule has 2 N–H and O–H groups in total. The van der Waals surface area contributed by atoms with E-state index in [1.165, 1.54) is 6.07 Å². The van der Waals surface area contributed by atoms with Crippen LogP contribution in [0.2, 0.25) is 0 Å². The van der Waals surface area contributed by atoms with Gasteiger partial charge in [0.05, 0.1) is 24.0 Å². The summed E-state index contributed by atoms with van der Waals surface area (Å²) in [6.45, 7) is 1.30. The summed E-state index contributed by atoms with van der Waals surface area (Å²) >= 11 is 0. The van der Waals surface area contributed by atoms with E-state index in [2.05, 4.69) is 14.8 Å². The highest BCUT2D eigenvalue weighted by Gasteiger charge is 2.45. The van der Waals surface area contributed by atoms with Crippen LogP contribution in [0.1, 0.15) is 46.4 Å². The molecule has 0 bridgehead atoms. The van der Waals surface area contributed by atoms with Crippen LogP contribution in [0.5, 0.6) is 0 Å². The van der Waals surface area contributed by atoms with Gasteiger partial charge in [0.1, 0.15) is 6.04 Å². The summed E-state index contributed by atoms with van der Waals surface area (Å²) in [5.41, 5.74) is 0.907. The lowest BCUT2D eigenvalue weighted by Crippen LogP contribution is -2.54. The summed E-state index contributed by atoms with van der Waals surface area (Å²) in [5, 5.41) is 5.29. The van der Waals surface area contributed by atoms with Crippen molar-refractivity contribution in [1.29, 1.82) is 0 Å². The summed E-state index contributed by atoms with van der Waals surface area (Å²) in [6.07, 6.45) is 2.21. The third-order valence-electron chi connectivity index (χ3n) is 4.98. The van der Waals surface area contributed by atoms with E-state index in [1.807, 2.05) is 0 Å². The molecule has 4 amide bonds. The second-order valence-electron chi connectivity index (χ2n) is 7.45. The van der Waals surface area contributed by atoms with E-state index in [0.717, 1.165) is 11.2 Å². The van der Waals surface area contributed by atoms with E-state index in [1.54, 1.807) is 12.1 Å². The zero-order chi connectivity index (χ0) is 23.3. The molecule has 11 nitrogen and oxygen atoms in total. The van der Waals surface area contributed by atoms with E-state index in [4.69, 9.17) is 4.74 Å². The summed E-state index contributed by atoms with van der Waals surface area (Å²) in [7, 11) is -3.44. The van der Waals surface area contributed by atoms with Gasteiger partial charge in [0.25, 0.3) is 21.9 Å². The highest BCUT2D eigenvalue weighted by Crippen LogP contribution is 2.32. The molecule has 3 rings (SSSR count). The van der Waals surface area contributed by atoms with Gasteiger partial charge in [-0.1, -0.05) is 6.07 Å². The molecule has 2 aliphatic rings. The fourth-order valence-electron chi connectivity index (χ4n) is 3.53. The number of carbonyl (C=O) groups excluding carboxylic acids is 4. The number of carbonyl (C=O) groups is 4. The maximum absolute atomic E-state index is 13.0. The average molecular weight is 468 g/mol. The fourth-order valence-corrected chi connectivity index (χ4v) is 3.95. The van der Waals surface area contributed by atoms with Gasteiger partial charge in [-0.25, -0.2) is 0 Å². The third kappa shape index (κ3) is 5.69. The molecule has 1 fully saturated rings. The summed E-state index contributed by atoms with van der Waals surface area (Å²) in [5.74, 6) is -2.19. The van der Waals surface area contributed by atoms with Crippen molar-refractivity contribution in [2.24, 2.45) is 0 Å². The van der Waals surface area contributed by atoms with E-state index >= 15 is 0 Å². The Kier molecular flexibility index (Phi) is 7.59. The predicted molar refractivity (Wildman–Crippen MR) is 112 cm³/mol. The van der Waals surface area contributed by atoms with Crippen LogP contribution in [0.15, 0.2) is 18.2 Å². The van der Waals surface area contributed by atoms with Crippen LogP contribution in [0.3, 0.4) is 0 Å². The quantitative estimate of drug-likeness (QED) is 0.266.